The van der Waals surface area contributed by atoms with E-state index >= 15 is 0 Å². The van der Waals surface area contributed by atoms with Crippen LogP contribution in [0, 0.1) is 5.92 Å². The van der Waals surface area contributed by atoms with E-state index in [-0.39, 0.29) is 11.8 Å². The Hall–Kier alpha value is -3.30. The van der Waals surface area contributed by atoms with Crippen molar-refractivity contribution in [3.05, 3.63) is 47.3 Å². The Kier molecular flexibility index (Phi) is 7.54. The summed E-state index contributed by atoms with van der Waals surface area (Å²) in [5.41, 5.74) is 1.40. The number of benzene rings is 2. The summed E-state index contributed by atoms with van der Waals surface area (Å²) in [6.45, 7) is 2.04. The van der Waals surface area contributed by atoms with Gasteiger partial charge in [-0.2, -0.15) is 4.98 Å². The lowest BCUT2D eigenvalue weighted by Gasteiger charge is -2.30. The minimum absolute atomic E-state index is 0.0538. The fraction of sp³-hybridized carbons (Fsp3) is 0.375. The molecule has 0 radical (unpaired) electrons. The number of methoxy groups -OCH3 is 3. The molecule has 3 aromatic rings. The zero-order chi connectivity index (χ0) is 24.1. The van der Waals surface area contributed by atoms with Crippen LogP contribution in [0.5, 0.6) is 17.2 Å². The molecule has 0 saturated carbocycles. The molecule has 1 saturated heterocycles. The van der Waals surface area contributed by atoms with Crippen LogP contribution in [0.2, 0.25) is 5.02 Å². The van der Waals surface area contributed by atoms with Gasteiger partial charge in [-0.15, -0.1) is 0 Å². The van der Waals surface area contributed by atoms with E-state index in [4.69, 9.17) is 30.3 Å². The molecule has 0 unspecified atom stereocenters. The van der Waals surface area contributed by atoms with E-state index in [1.165, 1.54) is 14.2 Å². The van der Waals surface area contributed by atoms with Crippen molar-refractivity contribution in [2.45, 2.75) is 19.4 Å². The topological polar surface area (TPSA) is 99.0 Å². The van der Waals surface area contributed by atoms with E-state index < -0.39 is 0 Å². The summed E-state index contributed by atoms with van der Waals surface area (Å²) in [4.78, 5) is 19.6. The van der Waals surface area contributed by atoms with Gasteiger partial charge in [-0.3, -0.25) is 9.69 Å². The molecule has 0 atom stereocenters. The predicted molar refractivity (Wildman–Crippen MR) is 127 cm³/mol. The second-order valence-electron chi connectivity index (χ2n) is 7.97. The quantitative estimate of drug-likeness (QED) is 0.504. The standard InChI is InChI=1S/C24H27ClN4O5/c1-31-17-6-4-15(5-7-17)23-27-22(34-28-23)14-29-10-8-16(9-11-29)24(30)26-19-13-20(32-2)18(25)12-21(19)33-3/h4-7,12-13,16H,8-11,14H2,1-3H3,(H,26,30). The van der Waals surface area contributed by atoms with Gasteiger partial charge in [0.25, 0.3) is 0 Å². The number of aromatic nitrogens is 2. The summed E-state index contributed by atoms with van der Waals surface area (Å²) < 4.78 is 21.2. The molecule has 2 aromatic carbocycles. The molecular formula is C24H27ClN4O5. The highest BCUT2D eigenvalue weighted by molar-refractivity contribution is 6.32. The number of ether oxygens (including phenoxy) is 3. The van der Waals surface area contributed by atoms with Gasteiger partial charge in [0.2, 0.25) is 17.6 Å². The third-order valence-corrected chi connectivity index (χ3v) is 6.16. The normalized spacial score (nSPS) is 14.6. The first kappa shape index (κ1) is 23.8. The summed E-state index contributed by atoms with van der Waals surface area (Å²) in [6.07, 6.45) is 1.44. The molecule has 34 heavy (non-hydrogen) atoms. The Bertz CT molecular complexity index is 1130. The monoisotopic (exact) mass is 486 g/mol. The van der Waals surface area contributed by atoms with Crippen LogP contribution in [-0.4, -0.2) is 55.4 Å². The summed E-state index contributed by atoms with van der Waals surface area (Å²) >= 11 is 6.15. The Labute approximate surface area is 202 Å². The number of piperidine rings is 1. The predicted octanol–water partition coefficient (Wildman–Crippen LogP) is 4.27. The van der Waals surface area contributed by atoms with Gasteiger partial charge in [0.1, 0.15) is 17.2 Å². The van der Waals surface area contributed by atoms with Gasteiger partial charge in [0.05, 0.1) is 38.6 Å². The summed E-state index contributed by atoms with van der Waals surface area (Å²) in [5.74, 6) is 2.66. The van der Waals surface area contributed by atoms with E-state index in [2.05, 4.69) is 20.4 Å². The summed E-state index contributed by atoms with van der Waals surface area (Å²) in [7, 11) is 4.68. The molecule has 0 bridgehead atoms. The molecule has 4 rings (SSSR count). The molecule has 1 aromatic heterocycles. The van der Waals surface area contributed by atoms with Crippen molar-refractivity contribution in [1.29, 1.82) is 0 Å². The van der Waals surface area contributed by atoms with Gasteiger partial charge in [-0.1, -0.05) is 16.8 Å². The van der Waals surface area contributed by atoms with Crippen LogP contribution in [0.1, 0.15) is 18.7 Å². The number of likely N-dealkylation sites (tertiary alicyclic amines) is 1. The molecular weight excluding hydrogens is 460 g/mol. The molecule has 180 valence electrons. The number of anilines is 1. The average molecular weight is 487 g/mol. The SMILES string of the molecule is COc1ccc(-c2noc(CN3CCC(C(=O)Nc4cc(OC)c(Cl)cc4OC)CC3)n2)cc1. The zero-order valence-corrected chi connectivity index (χ0v) is 20.1. The molecule has 9 nitrogen and oxygen atoms in total. The lowest BCUT2D eigenvalue weighted by atomic mass is 9.95. The van der Waals surface area contributed by atoms with Crippen molar-refractivity contribution in [2.75, 3.05) is 39.7 Å². The second-order valence-corrected chi connectivity index (χ2v) is 8.37. The number of hydrogen-bond donors (Lipinski definition) is 1. The smallest absolute Gasteiger partial charge is 0.241 e. The van der Waals surface area contributed by atoms with E-state index in [9.17, 15) is 4.79 Å². The first-order valence-electron chi connectivity index (χ1n) is 10.9. The Morgan fingerprint density at radius 1 is 1.09 bits per heavy atom. The number of halogens is 1. The first-order valence-corrected chi connectivity index (χ1v) is 11.3. The van der Waals surface area contributed by atoms with Crippen molar-refractivity contribution in [1.82, 2.24) is 15.0 Å². The minimum atomic E-state index is -0.111. The average Bonchev–Trinajstić information content (AvgIpc) is 3.33. The molecule has 2 heterocycles. The van der Waals surface area contributed by atoms with Crippen LogP contribution >= 0.6 is 11.6 Å². The van der Waals surface area contributed by atoms with Gasteiger partial charge in [-0.25, -0.2) is 0 Å². The van der Waals surface area contributed by atoms with Crippen LogP contribution in [0.15, 0.2) is 40.9 Å². The molecule has 0 spiro atoms. The molecule has 0 aliphatic carbocycles. The van der Waals surface area contributed by atoms with Crippen LogP contribution in [0.25, 0.3) is 11.4 Å². The summed E-state index contributed by atoms with van der Waals surface area (Å²) in [6, 6.07) is 10.8. The van der Waals surface area contributed by atoms with Crippen molar-refractivity contribution in [3.8, 4) is 28.6 Å². The number of nitrogens with zero attached hydrogens (tertiary/aromatic N) is 3. The van der Waals surface area contributed by atoms with Crippen LogP contribution in [0.4, 0.5) is 5.69 Å². The van der Waals surface area contributed by atoms with Crippen LogP contribution in [-0.2, 0) is 11.3 Å². The maximum absolute atomic E-state index is 12.9. The Morgan fingerprint density at radius 3 is 2.44 bits per heavy atom. The molecule has 1 aliphatic heterocycles. The summed E-state index contributed by atoms with van der Waals surface area (Å²) in [5, 5.41) is 7.46. The van der Waals surface area contributed by atoms with E-state index in [0.717, 1.165) is 37.2 Å². The number of hydrogen-bond acceptors (Lipinski definition) is 8. The van der Waals surface area contributed by atoms with Gasteiger partial charge in [0, 0.05) is 23.6 Å². The lowest BCUT2D eigenvalue weighted by molar-refractivity contribution is -0.121. The number of carbonyl (C=O) groups is 1. The minimum Gasteiger partial charge on any atom is -0.497 e. The molecule has 1 fully saturated rings. The lowest BCUT2D eigenvalue weighted by Crippen LogP contribution is -2.37. The fourth-order valence-electron chi connectivity index (χ4n) is 3.91. The van der Waals surface area contributed by atoms with Gasteiger partial charge >= 0.3 is 0 Å². The highest BCUT2D eigenvalue weighted by atomic mass is 35.5. The van der Waals surface area contributed by atoms with E-state index in [1.807, 2.05) is 24.3 Å². The maximum Gasteiger partial charge on any atom is 0.241 e. The third kappa shape index (κ3) is 5.43. The Balaban J connectivity index is 1.31. The number of carbonyl (C=O) groups excluding carboxylic acids is 1. The fourth-order valence-corrected chi connectivity index (χ4v) is 4.14. The van der Waals surface area contributed by atoms with Gasteiger partial charge in [0.15, 0.2) is 0 Å². The first-order chi connectivity index (χ1) is 16.5. The largest absolute Gasteiger partial charge is 0.497 e. The van der Waals surface area contributed by atoms with Crippen molar-refractivity contribution in [3.63, 3.8) is 0 Å². The zero-order valence-electron chi connectivity index (χ0n) is 19.3. The van der Waals surface area contributed by atoms with Gasteiger partial charge in [-0.05, 0) is 50.2 Å². The molecule has 1 amide bonds. The van der Waals surface area contributed by atoms with Crippen molar-refractivity contribution >= 4 is 23.2 Å². The second kappa shape index (κ2) is 10.8. The van der Waals surface area contributed by atoms with Crippen LogP contribution < -0.4 is 19.5 Å². The van der Waals surface area contributed by atoms with E-state index in [0.29, 0.717) is 40.5 Å². The molecule has 10 heteroatoms. The Morgan fingerprint density at radius 2 is 1.79 bits per heavy atom. The highest BCUT2D eigenvalue weighted by Gasteiger charge is 2.27. The highest BCUT2D eigenvalue weighted by Crippen LogP contribution is 2.36. The maximum atomic E-state index is 12.9. The van der Waals surface area contributed by atoms with E-state index in [1.54, 1.807) is 19.2 Å². The van der Waals surface area contributed by atoms with Gasteiger partial charge < -0.3 is 24.1 Å². The third-order valence-electron chi connectivity index (χ3n) is 5.87. The number of rotatable bonds is 8. The molecule has 1 aliphatic rings. The van der Waals surface area contributed by atoms with Crippen molar-refractivity contribution < 1.29 is 23.5 Å². The number of nitrogens with one attached hydrogen (secondary N) is 1. The van der Waals surface area contributed by atoms with Crippen LogP contribution in [0.3, 0.4) is 0 Å². The van der Waals surface area contributed by atoms with Crippen molar-refractivity contribution in [2.24, 2.45) is 5.92 Å². The number of amides is 1. The molecule has 1 N–H and O–H groups in total.